The molecule has 1 aliphatic carbocycles. The van der Waals surface area contributed by atoms with E-state index in [9.17, 15) is 14.0 Å². The lowest BCUT2D eigenvalue weighted by atomic mass is 10.2. The first-order chi connectivity index (χ1) is 9.54. The molecular weight excluding hydrogens is 329 g/mol. The number of hydrogen-bond acceptors (Lipinski definition) is 3. The Hall–Kier alpha value is -1.43. The number of carbonyl (C=O) groups excluding carboxylic acids is 2. The zero-order valence-electron chi connectivity index (χ0n) is 11.1. The molecule has 0 bridgehead atoms. The van der Waals surface area contributed by atoms with Crippen LogP contribution in [0.15, 0.2) is 22.7 Å². The SMILES string of the molecule is CCOC(=O)CN(C(=O)c1cccc(Br)c1F)C1CC1. The predicted molar refractivity (Wildman–Crippen MR) is 74.8 cm³/mol. The molecule has 6 heteroatoms. The maximum Gasteiger partial charge on any atom is 0.325 e. The van der Waals surface area contributed by atoms with Gasteiger partial charge in [-0.15, -0.1) is 0 Å². The fourth-order valence-electron chi connectivity index (χ4n) is 1.92. The predicted octanol–water partition coefficient (Wildman–Crippen LogP) is 2.76. The van der Waals surface area contributed by atoms with Crippen LogP contribution < -0.4 is 0 Å². The number of hydrogen-bond donors (Lipinski definition) is 0. The summed E-state index contributed by atoms with van der Waals surface area (Å²) in [6.45, 7) is 1.83. The third kappa shape index (κ3) is 3.36. The zero-order chi connectivity index (χ0) is 14.7. The van der Waals surface area contributed by atoms with Gasteiger partial charge in [0.2, 0.25) is 0 Å². The van der Waals surface area contributed by atoms with Crippen LogP contribution in [0.3, 0.4) is 0 Å². The summed E-state index contributed by atoms with van der Waals surface area (Å²) in [4.78, 5) is 25.3. The smallest absolute Gasteiger partial charge is 0.325 e. The first-order valence-electron chi connectivity index (χ1n) is 6.45. The average Bonchev–Trinajstić information content (AvgIpc) is 3.23. The molecule has 0 unspecified atom stereocenters. The highest BCUT2D eigenvalue weighted by Gasteiger charge is 2.35. The second-order valence-corrected chi connectivity index (χ2v) is 5.42. The normalized spacial score (nSPS) is 13.9. The average molecular weight is 344 g/mol. The molecule has 0 spiro atoms. The van der Waals surface area contributed by atoms with Crippen molar-refractivity contribution in [3.05, 3.63) is 34.1 Å². The highest BCUT2D eigenvalue weighted by molar-refractivity contribution is 9.10. The van der Waals surface area contributed by atoms with Crippen molar-refractivity contribution in [1.29, 1.82) is 0 Å². The summed E-state index contributed by atoms with van der Waals surface area (Å²) in [5.41, 5.74) is -0.0319. The number of ether oxygens (including phenoxy) is 1. The molecule has 0 radical (unpaired) electrons. The third-order valence-corrected chi connectivity index (χ3v) is 3.65. The van der Waals surface area contributed by atoms with Crippen molar-refractivity contribution in [1.82, 2.24) is 4.90 Å². The van der Waals surface area contributed by atoms with E-state index in [1.807, 2.05) is 0 Å². The summed E-state index contributed by atoms with van der Waals surface area (Å²) in [5.74, 6) is -1.55. The van der Waals surface area contributed by atoms with E-state index in [4.69, 9.17) is 4.74 Å². The second-order valence-electron chi connectivity index (χ2n) is 4.57. The lowest BCUT2D eigenvalue weighted by Gasteiger charge is -2.21. The van der Waals surface area contributed by atoms with Crippen molar-refractivity contribution in [2.24, 2.45) is 0 Å². The molecule has 1 amide bonds. The van der Waals surface area contributed by atoms with Crippen LogP contribution >= 0.6 is 15.9 Å². The van der Waals surface area contributed by atoms with Crippen LogP contribution in [0.2, 0.25) is 0 Å². The highest BCUT2D eigenvalue weighted by atomic mass is 79.9. The van der Waals surface area contributed by atoms with Crippen molar-refractivity contribution in [2.45, 2.75) is 25.8 Å². The maximum absolute atomic E-state index is 14.0. The number of nitrogens with zero attached hydrogens (tertiary/aromatic N) is 1. The highest BCUT2D eigenvalue weighted by Crippen LogP contribution is 2.29. The number of benzene rings is 1. The van der Waals surface area contributed by atoms with Crippen LogP contribution in [0.25, 0.3) is 0 Å². The second kappa shape index (κ2) is 6.35. The lowest BCUT2D eigenvalue weighted by molar-refractivity contribution is -0.144. The Morgan fingerprint density at radius 1 is 1.45 bits per heavy atom. The summed E-state index contributed by atoms with van der Waals surface area (Å²) >= 11 is 3.05. The van der Waals surface area contributed by atoms with Gasteiger partial charge in [-0.3, -0.25) is 9.59 Å². The van der Waals surface area contributed by atoms with E-state index in [2.05, 4.69) is 15.9 Å². The largest absolute Gasteiger partial charge is 0.465 e. The van der Waals surface area contributed by atoms with E-state index in [1.165, 1.54) is 17.0 Å². The standard InChI is InChI=1S/C14H15BrFNO3/c1-2-20-12(18)8-17(9-6-7-9)14(19)10-4-3-5-11(15)13(10)16/h3-5,9H,2,6-8H2,1H3. The number of rotatable bonds is 5. The van der Waals surface area contributed by atoms with E-state index in [-0.39, 0.29) is 29.2 Å². The van der Waals surface area contributed by atoms with Crippen molar-refractivity contribution >= 4 is 27.8 Å². The molecule has 1 aliphatic rings. The van der Waals surface area contributed by atoms with E-state index in [1.54, 1.807) is 13.0 Å². The Morgan fingerprint density at radius 2 is 2.15 bits per heavy atom. The number of esters is 1. The van der Waals surface area contributed by atoms with Gasteiger partial charge in [-0.25, -0.2) is 4.39 Å². The van der Waals surface area contributed by atoms with Gasteiger partial charge in [-0.05, 0) is 47.8 Å². The number of carbonyl (C=O) groups is 2. The van der Waals surface area contributed by atoms with E-state index in [0.29, 0.717) is 0 Å². The van der Waals surface area contributed by atoms with E-state index < -0.39 is 17.7 Å². The Morgan fingerprint density at radius 3 is 2.75 bits per heavy atom. The van der Waals surface area contributed by atoms with Gasteiger partial charge < -0.3 is 9.64 Å². The van der Waals surface area contributed by atoms with Crippen LogP contribution in [-0.2, 0) is 9.53 Å². The van der Waals surface area contributed by atoms with Gasteiger partial charge in [0, 0.05) is 6.04 Å². The maximum atomic E-state index is 14.0. The van der Waals surface area contributed by atoms with Gasteiger partial charge in [0.25, 0.3) is 5.91 Å². The van der Waals surface area contributed by atoms with E-state index >= 15 is 0 Å². The lowest BCUT2D eigenvalue weighted by Crippen LogP contribution is -2.38. The Labute approximate surface area is 125 Å². The molecule has 0 saturated heterocycles. The molecular formula is C14H15BrFNO3. The minimum absolute atomic E-state index is 0.00490. The molecule has 0 atom stereocenters. The van der Waals surface area contributed by atoms with Crippen molar-refractivity contribution < 1.29 is 18.7 Å². The quantitative estimate of drug-likeness (QED) is 0.772. The van der Waals surface area contributed by atoms with Crippen LogP contribution in [0, 0.1) is 5.82 Å². The molecule has 108 valence electrons. The Bertz CT molecular complexity index is 531. The third-order valence-electron chi connectivity index (χ3n) is 3.04. The molecule has 4 nitrogen and oxygen atoms in total. The van der Waals surface area contributed by atoms with Crippen LogP contribution in [0.4, 0.5) is 4.39 Å². The number of amides is 1. The van der Waals surface area contributed by atoms with Gasteiger partial charge in [0.15, 0.2) is 0 Å². The summed E-state index contributed by atoms with van der Waals surface area (Å²) in [7, 11) is 0. The van der Waals surface area contributed by atoms with Gasteiger partial charge in [0.05, 0.1) is 16.6 Å². The first-order valence-corrected chi connectivity index (χ1v) is 7.24. The molecule has 0 aliphatic heterocycles. The fraction of sp³-hybridized carbons (Fsp3) is 0.429. The molecule has 1 aromatic rings. The Kier molecular flexibility index (Phi) is 4.75. The van der Waals surface area contributed by atoms with Crippen molar-refractivity contribution in [2.75, 3.05) is 13.2 Å². The van der Waals surface area contributed by atoms with Crippen LogP contribution in [0.5, 0.6) is 0 Å². The minimum atomic E-state index is -0.605. The molecule has 20 heavy (non-hydrogen) atoms. The van der Waals surface area contributed by atoms with Crippen molar-refractivity contribution in [3.63, 3.8) is 0 Å². The topological polar surface area (TPSA) is 46.6 Å². The number of halogens is 2. The summed E-state index contributed by atoms with van der Waals surface area (Å²) in [5, 5.41) is 0. The molecule has 1 fully saturated rings. The van der Waals surface area contributed by atoms with Crippen LogP contribution in [-0.4, -0.2) is 36.0 Å². The summed E-state index contributed by atoms with van der Waals surface area (Å²) in [6.07, 6.45) is 1.67. The van der Waals surface area contributed by atoms with Gasteiger partial charge in [0.1, 0.15) is 12.4 Å². The van der Waals surface area contributed by atoms with Crippen LogP contribution in [0.1, 0.15) is 30.1 Å². The summed E-state index contributed by atoms with van der Waals surface area (Å²) in [6, 6.07) is 4.54. The summed E-state index contributed by atoms with van der Waals surface area (Å²) < 4.78 is 19.1. The van der Waals surface area contributed by atoms with Gasteiger partial charge in [-0.2, -0.15) is 0 Å². The molecule has 1 aromatic carbocycles. The molecule has 0 aromatic heterocycles. The molecule has 1 saturated carbocycles. The molecule has 0 N–H and O–H groups in total. The van der Waals surface area contributed by atoms with E-state index in [0.717, 1.165) is 12.8 Å². The fourth-order valence-corrected chi connectivity index (χ4v) is 2.29. The minimum Gasteiger partial charge on any atom is -0.465 e. The first kappa shape index (κ1) is 15.0. The van der Waals surface area contributed by atoms with Crippen molar-refractivity contribution in [3.8, 4) is 0 Å². The van der Waals surface area contributed by atoms with Gasteiger partial charge in [-0.1, -0.05) is 6.07 Å². The monoisotopic (exact) mass is 343 g/mol. The zero-order valence-corrected chi connectivity index (χ0v) is 12.7. The molecule has 0 heterocycles. The van der Waals surface area contributed by atoms with Gasteiger partial charge >= 0.3 is 5.97 Å². The molecule has 2 rings (SSSR count). The Balaban J connectivity index is 2.19.